The molecule has 1 N–H and O–H groups in total. The topological polar surface area (TPSA) is 42.4 Å². The number of hydrogen-bond donors (Lipinski definition) is 1. The third kappa shape index (κ3) is 2.10. The molecule has 2 rings (SSSR count). The lowest BCUT2D eigenvalue weighted by Gasteiger charge is -2.10. The monoisotopic (exact) mass is 263 g/mol. The highest BCUT2D eigenvalue weighted by Gasteiger charge is 2.27. The van der Waals surface area contributed by atoms with E-state index in [0.717, 1.165) is 10.9 Å². The Morgan fingerprint density at radius 1 is 1.69 bits per heavy atom. The maximum atomic E-state index is 9.52. The smallest absolute Gasteiger partial charge is 0.0827 e. The summed E-state index contributed by atoms with van der Waals surface area (Å²) in [5.74, 6) is 0.233. The number of nitrogens with zero attached hydrogens (tertiary/aromatic N) is 1. The van der Waals surface area contributed by atoms with Gasteiger partial charge in [0.2, 0.25) is 0 Å². The van der Waals surface area contributed by atoms with Crippen molar-refractivity contribution in [3.8, 4) is 0 Å². The van der Waals surface area contributed by atoms with E-state index in [-0.39, 0.29) is 12.0 Å². The first-order valence-electron chi connectivity index (χ1n) is 4.12. The summed E-state index contributed by atoms with van der Waals surface area (Å²) in [6.45, 7) is 1.13. The minimum Gasteiger partial charge on any atom is -0.390 e. The Balaban J connectivity index is 2.01. The second-order valence-corrected chi connectivity index (χ2v) is 4.91. The zero-order valence-corrected chi connectivity index (χ0v) is 9.34. The average molecular weight is 264 g/mol. The van der Waals surface area contributed by atoms with Gasteiger partial charge in [0, 0.05) is 10.8 Å². The molecule has 3 nitrogen and oxygen atoms in total. The van der Waals surface area contributed by atoms with Gasteiger partial charge in [-0.05, 0) is 33.9 Å². The minimum absolute atomic E-state index is 0.233. The van der Waals surface area contributed by atoms with Crippen LogP contribution in [0.15, 0.2) is 10.7 Å². The van der Waals surface area contributed by atoms with Crippen LogP contribution < -0.4 is 0 Å². The molecule has 13 heavy (non-hydrogen) atoms. The molecule has 0 radical (unpaired) electrons. The van der Waals surface area contributed by atoms with Crippen LogP contribution in [0, 0.1) is 5.92 Å². The summed E-state index contributed by atoms with van der Waals surface area (Å²) in [6.07, 6.45) is 2.34. The van der Waals surface area contributed by atoms with Gasteiger partial charge in [0.05, 0.1) is 30.0 Å². The number of aliphatic hydroxyl groups excluding tert-OH is 1. The summed E-state index contributed by atoms with van der Waals surface area (Å²) in [6, 6.07) is 0. The lowest BCUT2D eigenvalue weighted by atomic mass is 10.0. The molecular formula is C8H10BrNO2S. The standard InChI is InChI=1S/C8H10BrNO2S/c9-6-2-10-13-8(6)1-5-3-12-4-7(5)11/h2,5,7,11H,1,3-4H2. The number of aliphatic hydroxyl groups is 1. The third-order valence-corrected chi connectivity index (χ3v) is 3.97. The van der Waals surface area contributed by atoms with E-state index >= 15 is 0 Å². The van der Waals surface area contributed by atoms with Crippen LogP contribution in [0.2, 0.25) is 0 Å². The summed E-state index contributed by atoms with van der Waals surface area (Å²) < 4.78 is 10.3. The first-order chi connectivity index (χ1) is 6.27. The Morgan fingerprint density at radius 3 is 3.08 bits per heavy atom. The van der Waals surface area contributed by atoms with Gasteiger partial charge < -0.3 is 9.84 Å². The van der Waals surface area contributed by atoms with Crippen molar-refractivity contribution in [1.82, 2.24) is 4.37 Å². The average Bonchev–Trinajstić information content (AvgIpc) is 2.65. The first-order valence-corrected chi connectivity index (χ1v) is 5.69. The van der Waals surface area contributed by atoms with E-state index in [0.29, 0.717) is 13.2 Å². The van der Waals surface area contributed by atoms with Crippen LogP contribution in [-0.4, -0.2) is 28.8 Å². The fraction of sp³-hybridized carbons (Fsp3) is 0.625. The molecule has 0 amide bonds. The highest BCUT2D eigenvalue weighted by molar-refractivity contribution is 9.10. The molecule has 0 saturated carbocycles. The largest absolute Gasteiger partial charge is 0.390 e. The highest BCUT2D eigenvalue weighted by atomic mass is 79.9. The second-order valence-electron chi connectivity index (χ2n) is 3.17. The van der Waals surface area contributed by atoms with Crippen molar-refractivity contribution in [3.05, 3.63) is 15.5 Å². The predicted octanol–water partition coefficient (Wildman–Crippen LogP) is 1.46. The highest BCUT2D eigenvalue weighted by Crippen LogP contribution is 2.26. The summed E-state index contributed by atoms with van der Waals surface area (Å²) in [4.78, 5) is 1.19. The van der Waals surface area contributed by atoms with Gasteiger partial charge in [-0.3, -0.25) is 0 Å². The lowest BCUT2D eigenvalue weighted by molar-refractivity contribution is 0.118. The Hall–Kier alpha value is 0.0300. The van der Waals surface area contributed by atoms with E-state index in [1.165, 1.54) is 16.4 Å². The van der Waals surface area contributed by atoms with Crippen LogP contribution in [0.5, 0.6) is 0 Å². The molecule has 2 heterocycles. The third-order valence-electron chi connectivity index (χ3n) is 2.21. The Kier molecular flexibility index (Phi) is 2.98. The van der Waals surface area contributed by atoms with Crippen molar-refractivity contribution in [1.29, 1.82) is 0 Å². The van der Waals surface area contributed by atoms with E-state index < -0.39 is 0 Å². The Labute approximate surface area is 89.0 Å². The quantitative estimate of drug-likeness (QED) is 0.879. The lowest BCUT2D eigenvalue weighted by Crippen LogP contribution is -2.19. The number of halogens is 1. The second kappa shape index (κ2) is 4.04. The van der Waals surface area contributed by atoms with Crippen LogP contribution in [0.3, 0.4) is 0 Å². The molecule has 1 aliphatic rings. The molecule has 2 unspecified atom stereocenters. The summed E-state index contributed by atoms with van der Waals surface area (Å²) in [7, 11) is 0. The predicted molar refractivity (Wildman–Crippen MR) is 53.8 cm³/mol. The summed E-state index contributed by atoms with van der Waals surface area (Å²) in [5.41, 5.74) is 0. The maximum Gasteiger partial charge on any atom is 0.0827 e. The van der Waals surface area contributed by atoms with Crippen LogP contribution in [-0.2, 0) is 11.2 Å². The van der Waals surface area contributed by atoms with E-state index in [1.54, 1.807) is 6.20 Å². The van der Waals surface area contributed by atoms with Crippen molar-refractivity contribution >= 4 is 27.5 Å². The molecule has 72 valence electrons. The van der Waals surface area contributed by atoms with Crippen molar-refractivity contribution in [3.63, 3.8) is 0 Å². The number of hydrogen-bond acceptors (Lipinski definition) is 4. The van der Waals surface area contributed by atoms with Gasteiger partial charge in [0.1, 0.15) is 0 Å². The molecule has 1 aromatic heterocycles. The van der Waals surface area contributed by atoms with Gasteiger partial charge in [0.25, 0.3) is 0 Å². The maximum absolute atomic E-state index is 9.52. The van der Waals surface area contributed by atoms with Crippen LogP contribution in [0.4, 0.5) is 0 Å². The van der Waals surface area contributed by atoms with Crippen LogP contribution >= 0.6 is 27.5 Å². The van der Waals surface area contributed by atoms with E-state index in [1.807, 2.05) is 0 Å². The molecule has 0 spiro atoms. The summed E-state index contributed by atoms with van der Waals surface area (Å²) in [5, 5.41) is 9.52. The fourth-order valence-electron chi connectivity index (χ4n) is 1.41. The van der Waals surface area contributed by atoms with Gasteiger partial charge in [0.15, 0.2) is 0 Å². The van der Waals surface area contributed by atoms with Crippen molar-refractivity contribution < 1.29 is 9.84 Å². The van der Waals surface area contributed by atoms with Gasteiger partial charge in [-0.15, -0.1) is 0 Å². The van der Waals surface area contributed by atoms with Crippen LogP contribution in [0.1, 0.15) is 4.88 Å². The fourth-order valence-corrected chi connectivity index (χ4v) is 2.74. The summed E-state index contributed by atoms with van der Waals surface area (Å²) >= 11 is 4.89. The molecular weight excluding hydrogens is 254 g/mol. The SMILES string of the molecule is OC1COCC1Cc1sncc1Br. The van der Waals surface area contributed by atoms with Crippen molar-refractivity contribution in [2.75, 3.05) is 13.2 Å². The Bertz CT molecular complexity index is 291. The van der Waals surface area contributed by atoms with E-state index in [2.05, 4.69) is 20.3 Å². The van der Waals surface area contributed by atoms with Gasteiger partial charge in [-0.1, -0.05) is 0 Å². The number of ether oxygens (including phenoxy) is 1. The Morgan fingerprint density at radius 2 is 2.54 bits per heavy atom. The zero-order valence-electron chi connectivity index (χ0n) is 6.94. The molecule has 2 atom stereocenters. The molecule has 5 heteroatoms. The van der Waals surface area contributed by atoms with Gasteiger partial charge in [-0.25, -0.2) is 0 Å². The zero-order chi connectivity index (χ0) is 9.26. The molecule has 1 fully saturated rings. The molecule has 1 aliphatic heterocycles. The van der Waals surface area contributed by atoms with E-state index in [4.69, 9.17) is 4.74 Å². The van der Waals surface area contributed by atoms with Gasteiger partial charge >= 0.3 is 0 Å². The van der Waals surface area contributed by atoms with Crippen molar-refractivity contribution in [2.24, 2.45) is 5.92 Å². The molecule has 1 saturated heterocycles. The number of rotatable bonds is 2. The molecule has 1 aromatic rings. The van der Waals surface area contributed by atoms with E-state index in [9.17, 15) is 5.11 Å². The molecule has 0 aromatic carbocycles. The molecule has 0 bridgehead atoms. The van der Waals surface area contributed by atoms with Gasteiger partial charge in [-0.2, -0.15) is 4.37 Å². The molecule has 0 aliphatic carbocycles. The van der Waals surface area contributed by atoms with Crippen LogP contribution in [0.25, 0.3) is 0 Å². The first kappa shape index (κ1) is 9.58. The van der Waals surface area contributed by atoms with Crippen molar-refractivity contribution in [2.45, 2.75) is 12.5 Å². The minimum atomic E-state index is -0.311. The normalized spacial score (nSPS) is 28.2. The number of aromatic nitrogens is 1.